The molecule has 0 atom stereocenters. The first-order valence-corrected chi connectivity index (χ1v) is 9.14. The van der Waals surface area contributed by atoms with Gasteiger partial charge in [0.05, 0.1) is 17.1 Å². The van der Waals surface area contributed by atoms with Crippen LogP contribution in [0.1, 0.15) is 15.9 Å². The van der Waals surface area contributed by atoms with Gasteiger partial charge >= 0.3 is 0 Å². The number of nitro groups is 1. The third-order valence-corrected chi connectivity index (χ3v) is 4.11. The van der Waals surface area contributed by atoms with E-state index in [0.29, 0.717) is 35.7 Å². The number of carbonyl (C=O) groups is 2. The van der Waals surface area contributed by atoms with Crippen LogP contribution in [0.2, 0.25) is 0 Å². The number of nitrogens with one attached hydrogen (secondary N) is 2. The lowest BCUT2D eigenvalue weighted by molar-refractivity contribution is -0.384. The molecule has 9 nitrogen and oxygen atoms in total. The van der Waals surface area contributed by atoms with Gasteiger partial charge in [-0.25, -0.2) is 0 Å². The highest BCUT2D eigenvalue weighted by Gasteiger charge is 2.14. The van der Waals surface area contributed by atoms with Crippen LogP contribution in [0.4, 0.5) is 17.1 Å². The third-order valence-electron chi connectivity index (χ3n) is 4.11. The number of methoxy groups -OCH3 is 1. The van der Waals surface area contributed by atoms with Crippen molar-refractivity contribution in [2.45, 2.75) is 0 Å². The number of ether oxygens (including phenoxy) is 1. The first-order chi connectivity index (χ1) is 14.3. The number of nitro benzene ring substituents is 1. The molecule has 2 amide bonds. The summed E-state index contributed by atoms with van der Waals surface area (Å²) < 4.78 is 4.94. The van der Waals surface area contributed by atoms with Crippen LogP contribution in [0.5, 0.6) is 0 Å². The quantitative estimate of drug-likeness (QED) is 0.283. The van der Waals surface area contributed by atoms with E-state index in [-0.39, 0.29) is 11.6 Å². The number of hydrogen-bond acceptors (Lipinski definition) is 6. The van der Waals surface area contributed by atoms with Crippen molar-refractivity contribution in [1.29, 1.82) is 0 Å². The molecule has 0 fully saturated rings. The number of hydrogen-bond donors (Lipinski definition) is 2. The highest BCUT2D eigenvalue weighted by molar-refractivity contribution is 6.05. The summed E-state index contributed by atoms with van der Waals surface area (Å²) in [4.78, 5) is 36.7. The van der Waals surface area contributed by atoms with Gasteiger partial charge in [0.15, 0.2) is 0 Å². The minimum atomic E-state index is -0.486. The lowest BCUT2D eigenvalue weighted by atomic mass is 10.1. The van der Waals surface area contributed by atoms with E-state index < -0.39 is 10.8 Å². The Morgan fingerprint density at radius 2 is 1.87 bits per heavy atom. The lowest BCUT2D eigenvalue weighted by Crippen LogP contribution is -2.28. The first-order valence-electron chi connectivity index (χ1n) is 9.14. The summed E-state index contributed by atoms with van der Waals surface area (Å²) >= 11 is 0. The summed E-state index contributed by atoms with van der Waals surface area (Å²) in [5.41, 5.74) is 2.24. The monoisotopic (exact) mass is 412 g/mol. The Bertz CT molecular complexity index is 939. The van der Waals surface area contributed by atoms with Crippen LogP contribution < -0.4 is 15.5 Å². The zero-order valence-electron chi connectivity index (χ0n) is 17.0. The maximum absolute atomic E-state index is 12.5. The Balaban J connectivity index is 2.11. The standard InChI is InChI=1S/C21H24N4O5/c1-24(2)19-10-7-16(14-18(19)21(27)22-12-13-30-3)23-20(26)11-6-15-4-8-17(9-5-15)25(28)29/h4-11,14H,12-13H2,1-3H3,(H,22,27)(H,23,26)/b11-6+. The van der Waals surface area contributed by atoms with E-state index in [4.69, 9.17) is 4.74 Å². The molecule has 0 unspecified atom stereocenters. The fraction of sp³-hybridized carbons (Fsp3) is 0.238. The average molecular weight is 412 g/mol. The van der Waals surface area contributed by atoms with Gasteiger partial charge in [-0.1, -0.05) is 0 Å². The maximum atomic E-state index is 12.5. The summed E-state index contributed by atoms with van der Waals surface area (Å²) in [6, 6.07) is 10.9. The normalized spacial score (nSPS) is 10.6. The van der Waals surface area contributed by atoms with Gasteiger partial charge in [-0.2, -0.15) is 0 Å². The van der Waals surface area contributed by atoms with Crippen molar-refractivity contribution in [2.75, 3.05) is 44.6 Å². The van der Waals surface area contributed by atoms with Crippen LogP contribution in [-0.2, 0) is 9.53 Å². The van der Waals surface area contributed by atoms with Gasteiger partial charge < -0.3 is 20.3 Å². The highest BCUT2D eigenvalue weighted by atomic mass is 16.6. The van der Waals surface area contributed by atoms with E-state index in [0.717, 1.165) is 0 Å². The minimum Gasteiger partial charge on any atom is -0.383 e. The number of amides is 2. The van der Waals surface area contributed by atoms with E-state index in [1.165, 1.54) is 18.2 Å². The topological polar surface area (TPSA) is 114 Å². The molecule has 2 rings (SSSR count). The Hall–Kier alpha value is -3.72. The van der Waals surface area contributed by atoms with E-state index in [2.05, 4.69) is 10.6 Å². The molecule has 0 aliphatic rings. The molecule has 2 aromatic rings. The van der Waals surface area contributed by atoms with Crippen molar-refractivity contribution in [3.05, 3.63) is 69.8 Å². The summed E-state index contributed by atoms with van der Waals surface area (Å²) in [5.74, 6) is -0.662. The second kappa shape index (κ2) is 10.7. The number of nitrogens with zero attached hydrogens (tertiary/aromatic N) is 2. The molecular formula is C21H24N4O5. The van der Waals surface area contributed by atoms with Gasteiger partial charge in [-0.05, 0) is 42.0 Å². The minimum absolute atomic E-state index is 0.0195. The third kappa shape index (κ3) is 6.42. The molecule has 0 aliphatic carbocycles. The molecule has 9 heteroatoms. The van der Waals surface area contributed by atoms with Crippen LogP contribution in [0.3, 0.4) is 0 Å². The molecule has 0 saturated heterocycles. The summed E-state index contributed by atoms with van der Waals surface area (Å²) in [5, 5.41) is 16.2. The zero-order valence-corrected chi connectivity index (χ0v) is 17.0. The average Bonchev–Trinajstić information content (AvgIpc) is 2.72. The second-order valence-electron chi connectivity index (χ2n) is 6.55. The van der Waals surface area contributed by atoms with E-state index in [9.17, 15) is 19.7 Å². The Morgan fingerprint density at radius 3 is 2.47 bits per heavy atom. The van der Waals surface area contributed by atoms with Crippen LogP contribution >= 0.6 is 0 Å². The Labute approximate surface area is 174 Å². The number of carbonyl (C=O) groups excluding carboxylic acids is 2. The van der Waals surface area contributed by atoms with Crippen LogP contribution in [-0.4, -0.2) is 51.1 Å². The molecule has 0 aliphatic heterocycles. The first kappa shape index (κ1) is 22.6. The molecule has 2 N–H and O–H groups in total. The van der Waals surface area contributed by atoms with Crippen LogP contribution in [0.15, 0.2) is 48.5 Å². The lowest BCUT2D eigenvalue weighted by Gasteiger charge is -2.18. The maximum Gasteiger partial charge on any atom is 0.269 e. The van der Waals surface area contributed by atoms with Gasteiger partial charge in [-0.3, -0.25) is 19.7 Å². The van der Waals surface area contributed by atoms with Crippen molar-refractivity contribution in [1.82, 2.24) is 5.32 Å². The number of rotatable bonds is 9. The van der Waals surface area contributed by atoms with Gasteiger partial charge in [0.1, 0.15) is 0 Å². The summed E-state index contributed by atoms with van der Waals surface area (Å²) in [7, 11) is 5.21. The zero-order chi connectivity index (χ0) is 22.1. The van der Waals surface area contributed by atoms with E-state index in [1.807, 2.05) is 19.0 Å². The summed E-state index contributed by atoms with van der Waals surface area (Å²) in [6.07, 6.45) is 2.87. The molecular weight excluding hydrogens is 388 g/mol. The molecule has 0 aromatic heterocycles. The molecule has 0 heterocycles. The predicted molar refractivity (Wildman–Crippen MR) is 116 cm³/mol. The van der Waals surface area contributed by atoms with Crippen molar-refractivity contribution in [3.63, 3.8) is 0 Å². The SMILES string of the molecule is COCCNC(=O)c1cc(NC(=O)/C=C/c2ccc([N+](=O)[O-])cc2)ccc1N(C)C. The van der Waals surface area contributed by atoms with Crippen molar-refractivity contribution < 1.29 is 19.2 Å². The fourth-order valence-corrected chi connectivity index (χ4v) is 2.61. The van der Waals surface area contributed by atoms with E-state index in [1.54, 1.807) is 43.5 Å². The van der Waals surface area contributed by atoms with Crippen molar-refractivity contribution in [3.8, 4) is 0 Å². The molecule has 0 spiro atoms. The summed E-state index contributed by atoms with van der Waals surface area (Å²) in [6.45, 7) is 0.768. The predicted octanol–water partition coefficient (Wildman–Crippen LogP) is 2.69. The molecule has 0 bridgehead atoms. The molecule has 0 saturated carbocycles. The Morgan fingerprint density at radius 1 is 1.17 bits per heavy atom. The van der Waals surface area contributed by atoms with Gasteiger partial charge in [0.25, 0.3) is 11.6 Å². The molecule has 2 aromatic carbocycles. The fourth-order valence-electron chi connectivity index (χ4n) is 2.61. The second-order valence-corrected chi connectivity index (χ2v) is 6.55. The molecule has 30 heavy (non-hydrogen) atoms. The van der Waals surface area contributed by atoms with Crippen LogP contribution in [0.25, 0.3) is 6.08 Å². The number of benzene rings is 2. The largest absolute Gasteiger partial charge is 0.383 e. The van der Waals surface area contributed by atoms with E-state index >= 15 is 0 Å². The number of non-ortho nitro benzene ring substituents is 1. The van der Waals surface area contributed by atoms with Crippen molar-refractivity contribution in [2.24, 2.45) is 0 Å². The van der Waals surface area contributed by atoms with Crippen molar-refractivity contribution >= 4 is 35.0 Å². The molecule has 158 valence electrons. The van der Waals surface area contributed by atoms with Gasteiger partial charge in [0, 0.05) is 57.3 Å². The highest BCUT2D eigenvalue weighted by Crippen LogP contribution is 2.23. The van der Waals surface area contributed by atoms with Gasteiger partial charge in [-0.15, -0.1) is 0 Å². The number of anilines is 2. The molecule has 0 radical (unpaired) electrons. The smallest absolute Gasteiger partial charge is 0.269 e. The van der Waals surface area contributed by atoms with Crippen LogP contribution in [0, 0.1) is 10.1 Å². The van der Waals surface area contributed by atoms with Gasteiger partial charge in [0.2, 0.25) is 5.91 Å². The Kier molecular flexibility index (Phi) is 8.07.